The van der Waals surface area contributed by atoms with Crippen LogP contribution in [0.5, 0.6) is 5.75 Å². The Balaban J connectivity index is 2.14. The topological polar surface area (TPSA) is 55.0 Å². The molecule has 1 aromatic carbocycles. The second-order valence-corrected chi connectivity index (χ2v) is 5.51. The van der Waals surface area contributed by atoms with Gasteiger partial charge in [-0.15, -0.1) is 0 Å². The lowest BCUT2D eigenvalue weighted by Gasteiger charge is -2.13. The summed E-state index contributed by atoms with van der Waals surface area (Å²) in [4.78, 5) is 12.3. The maximum Gasteiger partial charge on any atom is 0.269 e. The van der Waals surface area contributed by atoms with Crippen LogP contribution in [0.3, 0.4) is 0 Å². The molecular formula is C18H20N2O2. The second-order valence-electron chi connectivity index (χ2n) is 5.51. The van der Waals surface area contributed by atoms with Crippen molar-refractivity contribution >= 4 is 0 Å². The predicted octanol–water partition coefficient (Wildman–Crippen LogP) is 3.03. The van der Waals surface area contributed by atoms with E-state index in [1.165, 1.54) is 11.1 Å². The predicted molar refractivity (Wildman–Crippen MR) is 86.3 cm³/mol. The number of hydrogen-bond donors (Lipinski definition) is 0. The molecule has 0 spiro atoms. The molecule has 0 unspecified atom stereocenters. The molecule has 1 aromatic heterocycles. The van der Waals surface area contributed by atoms with Gasteiger partial charge in [0.25, 0.3) is 5.56 Å². The van der Waals surface area contributed by atoms with Gasteiger partial charge in [-0.3, -0.25) is 4.79 Å². The highest BCUT2D eigenvalue weighted by Crippen LogP contribution is 2.16. The average molecular weight is 296 g/mol. The van der Waals surface area contributed by atoms with Crippen molar-refractivity contribution in [2.45, 2.75) is 34.2 Å². The Morgan fingerprint density at radius 3 is 2.45 bits per heavy atom. The summed E-state index contributed by atoms with van der Waals surface area (Å²) in [7, 11) is 0. The van der Waals surface area contributed by atoms with Gasteiger partial charge in [0.15, 0.2) is 0 Å². The Morgan fingerprint density at radius 2 is 1.82 bits per heavy atom. The third kappa shape index (κ3) is 3.20. The average Bonchev–Trinajstić information content (AvgIpc) is 2.46. The Bertz CT molecular complexity index is 798. The molecule has 4 nitrogen and oxygen atoms in total. The zero-order valence-electron chi connectivity index (χ0n) is 13.4. The lowest BCUT2D eigenvalue weighted by Crippen LogP contribution is -2.28. The van der Waals surface area contributed by atoms with Crippen LogP contribution >= 0.6 is 0 Å². The molecule has 0 radical (unpaired) electrons. The van der Waals surface area contributed by atoms with E-state index in [0.29, 0.717) is 13.2 Å². The number of pyridine rings is 1. The number of aryl methyl sites for hydroxylation is 4. The molecule has 4 heteroatoms. The Hall–Kier alpha value is -2.54. The van der Waals surface area contributed by atoms with Crippen molar-refractivity contribution in [3.05, 3.63) is 62.6 Å². The van der Waals surface area contributed by atoms with Crippen molar-refractivity contribution in [2.24, 2.45) is 0 Å². The molecular weight excluding hydrogens is 276 g/mol. The fraction of sp³-hybridized carbons (Fsp3) is 0.333. The van der Waals surface area contributed by atoms with Crippen LogP contribution in [-0.4, -0.2) is 11.2 Å². The number of aromatic nitrogens is 1. The molecule has 0 amide bonds. The summed E-state index contributed by atoms with van der Waals surface area (Å²) in [5.41, 5.74) is 3.91. The molecule has 114 valence electrons. The van der Waals surface area contributed by atoms with Crippen LogP contribution in [0.4, 0.5) is 0 Å². The number of nitrogens with zero attached hydrogens (tertiary/aromatic N) is 2. The van der Waals surface area contributed by atoms with E-state index in [2.05, 4.69) is 6.92 Å². The highest BCUT2D eigenvalue weighted by atomic mass is 16.5. The Kier molecular flexibility index (Phi) is 4.67. The molecule has 2 aromatic rings. The van der Waals surface area contributed by atoms with Gasteiger partial charge >= 0.3 is 0 Å². The van der Waals surface area contributed by atoms with Crippen LogP contribution in [0, 0.1) is 39.0 Å². The second kappa shape index (κ2) is 6.48. The van der Waals surface area contributed by atoms with Crippen molar-refractivity contribution in [3.8, 4) is 11.8 Å². The molecule has 22 heavy (non-hydrogen) atoms. The minimum atomic E-state index is -0.247. The third-order valence-electron chi connectivity index (χ3n) is 3.88. The van der Waals surface area contributed by atoms with Crippen LogP contribution in [-0.2, 0) is 6.54 Å². The molecule has 0 saturated carbocycles. The van der Waals surface area contributed by atoms with Gasteiger partial charge in [0.05, 0.1) is 6.54 Å². The SMILES string of the molecule is Cc1ccc(OCCn2c(C)cc(C)c(C#N)c2=O)cc1C. The maximum atomic E-state index is 12.3. The van der Waals surface area contributed by atoms with Crippen LogP contribution < -0.4 is 10.3 Å². The van der Waals surface area contributed by atoms with Gasteiger partial charge < -0.3 is 9.30 Å². The lowest BCUT2D eigenvalue weighted by molar-refractivity contribution is 0.294. The summed E-state index contributed by atoms with van der Waals surface area (Å²) < 4.78 is 7.31. The number of nitriles is 1. The molecule has 0 bridgehead atoms. The minimum Gasteiger partial charge on any atom is -0.492 e. The monoisotopic (exact) mass is 296 g/mol. The molecule has 0 aliphatic rings. The number of ether oxygens (including phenoxy) is 1. The first kappa shape index (κ1) is 15.8. The summed E-state index contributed by atoms with van der Waals surface area (Å²) in [6, 6.07) is 9.76. The van der Waals surface area contributed by atoms with Crippen LogP contribution in [0.15, 0.2) is 29.1 Å². The van der Waals surface area contributed by atoms with E-state index >= 15 is 0 Å². The smallest absolute Gasteiger partial charge is 0.269 e. The minimum absolute atomic E-state index is 0.205. The van der Waals surface area contributed by atoms with Gasteiger partial charge in [-0.05, 0) is 62.6 Å². The Labute approximate surface area is 130 Å². The zero-order chi connectivity index (χ0) is 16.3. The molecule has 0 aliphatic carbocycles. The molecule has 0 aliphatic heterocycles. The van der Waals surface area contributed by atoms with Crippen LogP contribution in [0.2, 0.25) is 0 Å². The van der Waals surface area contributed by atoms with Crippen LogP contribution in [0.25, 0.3) is 0 Å². The largest absolute Gasteiger partial charge is 0.492 e. The van der Waals surface area contributed by atoms with Gasteiger partial charge in [0, 0.05) is 5.69 Å². The normalized spacial score (nSPS) is 10.3. The molecule has 0 atom stereocenters. The van der Waals surface area contributed by atoms with E-state index in [-0.39, 0.29) is 11.1 Å². The summed E-state index contributed by atoms with van der Waals surface area (Å²) in [6.45, 7) is 8.55. The molecule has 0 fully saturated rings. The maximum absolute atomic E-state index is 12.3. The van der Waals surface area contributed by atoms with Gasteiger partial charge in [0.1, 0.15) is 24.0 Å². The lowest BCUT2D eigenvalue weighted by atomic mass is 10.1. The summed E-state index contributed by atoms with van der Waals surface area (Å²) >= 11 is 0. The van der Waals surface area contributed by atoms with Crippen LogP contribution in [0.1, 0.15) is 27.9 Å². The van der Waals surface area contributed by atoms with Crippen molar-refractivity contribution in [2.75, 3.05) is 6.61 Å². The first-order valence-electron chi connectivity index (χ1n) is 7.25. The number of benzene rings is 1. The van der Waals surface area contributed by atoms with Gasteiger partial charge in [-0.1, -0.05) is 6.07 Å². The standard InChI is InChI=1S/C18H20N2O2/c1-12-5-6-16(10-13(12)2)22-8-7-20-15(4)9-14(3)17(11-19)18(20)21/h5-6,9-10H,7-8H2,1-4H3. The summed E-state index contributed by atoms with van der Waals surface area (Å²) in [6.07, 6.45) is 0. The molecule has 2 rings (SSSR count). The van der Waals surface area contributed by atoms with E-state index in [0.717, 1.165) is 17.0 Å². The van der Waals surface area contributed by atoms with E-state index in [4.69, 9.17) is 10.00 Å². The van der Waals surface area contributed by atoms with Crippen molar-refractivity contribution in [1.29, 1.82) is 5.26 Å². The van der Waals surface area contributed by atoms with Crippen molar-refractivity contribution < 1.29 is 4.74 Å². The molecule has 0 N–H and O–H groups in total. The van der Waals surface area contributed by atoms with Gasteiger partial charge in [-0.2, -0.15) is 5.26 Å². The number of hydrogen-bond acceptors (Lipinski definition) is 3. The first-order valence-corrected chi connectivity index (χ1v) is 7.25. The van der Waals surface area contributed by atoms with Gasteiger partial charge in [-0.25, -0.2) is 0 Å². The van der Waals surface area contributed by atoms with E-state index in [1.807, 2.05) is 44.2 Å². The fourth-order valence-electron chi connectivity index (χ4n) is 2.40. The van der Waals surface area contributed by atoms with E-state index in [9.17, 15) is 4.79 Å². The van der Waals surface area contributed by atoms with Crippen molar-refractivity contribution in [3.63, 3.8) is 0 Å². The highest BCUT2D eigenvalue weighted by molar-refractivity contribution is 5.36. The highest BCUT2D eigenvalue weighted by Gasteiger charge is 2.09. The third-order valence-corrected chi connectivity index (χ3v) is 3.88. The number of rotatable bonds is 4. The zero-order valence-corrected chi connectivity index (χ0v) is 13.4. The van der Waals surface area contributed by atoms with Crippen molar-refractivity contribution in [1.82, 2.24) is 4.57 Å². The summed E-state index contributed by atoms with van der Waals surface area (Å²) in [5, 5.41) is 9.08. The van der Waals surface area contributed by atoms with Gasteiger partial charge in [0.2, 0.25) is 0 Å². The quantitative estimate of drug-likeness (QED) is 0.871. The summed E-state index contributed by atoms with van der Waals surface area (Å²) in [5.74, 6) is 0.793. The van der Waals surface area contributed by atoms with E-state index in [1.54, 1.807) is 11.5 Å². The Morgan fingerprint density at radius 1 is 1.09 bits per heavy atom. The molecule has 0 saturated heterocycles. The molecule has 1 heterocycles. The first-order chi connectivity index (χ1) is 10.4. The fourth-order valence-corrected chi connectivity index (χ4v) is 2.40. The van der Waals surface area contributed by atoms with E-state index < -0.39 is 0 Å².